The van der Waals surface area contributed by atoms with Crippen molar-refractivity contribution >= 4 is 23.6 Å². The van der Waals surface area contributed by atoms with Crippen molar-refractivity contribution in [1.29, 1.82) is 0 Å². The first-order valence-electron chi connectivity index (χ1n) is 9.40. The lowest BCUT2D eigenvalue weighted by molar-refractivity contribution is -0.136. The van der Waals surface area contributed by atoms with Gasteiger partial charge in [0.25, 0.3) is 0 Å². The molecule has 2 amide bonds. The molecule has 0 bridgehead atoms. The molecule has 0 atom stereocenters. The fourth-order valence-corrected chi connectivity index (χ4v) is 4.26. The van der Waals surface area contributed by atoms with Crippen LogP contribution in [0.2, 0.25) is 0 Å². The van der Waals surface area contributed by atoms with Gasteiger partial charge in [0, 0.05) is 39.1 Å². The molecule has 1 aliphatic heterocycles. The van der Waals surface area contributed by atoms with Crippen LogP contribution < -0.4 is 0 Å². The van der Waals surface area contributed by atoms with Crippen molar-refractivity contribution in [2.24, 2.45) is 0 Å². The van der Waals surface area contributed by atoms with Crippen LogP contribution in [-0.2, 0) is 9.59 Å². The van der Waals surface area contributed by atoms with Crippen LogP contribution in [0.5, 0.6) is 0 Å². The largest absolute Gasteiger partial charge is 0.339 e. The van der Waals surface area contributed by atoms with Gasteiger partial charge in [-0.15, -0.1) is 10.2 Å². The summed E-state index contributed by atoms with van der Waals surface area (Å²) in [4.78, 5) is 27.5. The normalized spacial score (nSPS) is 17.1. The van der Waals surface area contributed by atoms with E-state index in [1.54, 1.807) is 34.9 Å². The van der Waals surface area contributed by atoms with E-state index in [0.29, 0.717) is 42.7 Å². The molecule has 0 N–H and O–H groups in total. The van der Waals surface area contributed by atoms with Crippen LogP contribution in [0.15, 0.2) is 29.4 Å². The van der Waals surface area contributed by atoms with Gasteiger partial charge < -0.3 is 9.80 Å². The van der Waals surface area contributed by atoms with Crippen LogP contribution >= 0.6 is 11.8 Å². The van der Waals surface area contributed by atoms with Gasteiger partial charge in [-0.25, -0.2) is 4.39 Å². The molecule has 7 nitrogen and oxygen atoms in total. The Morgan fingerprint density at radius 1 is 1.11 bits per heavy atom. The SMILES string of the molecule is CC(=O)N1CCN(C(=O)CSc2nnc(-c3ccccc3F)n2C2CC2)CC1. The molecule has 2 fully saturated rings. The molecule has 1 saturated heterocycles. The van der Waals surface area contributed by atoms with E-state index in [1.165, 1.54) is 17.8 Å². The Labute approximate surface area is 166 Å². The van der Waals surface area contributed by atoms with E-state index in [4.69, 9.17) is 0 Å². The Bertz CT molecular complexity index is 890. The molecule has 1 saturated carbocycles. The third-order valence-corrected chi connectivity index (χ3v) is 6.02. The predicted octanol–water partition coefficient (Wildman–Crippen LogP) is 2.20. The maximum atomic E-state index is 14.2. The molecular weight excluding hydrogens is 381 g/mol. The molecule has 1 aromatic heterocycles. The molecule has 4 rings (SSSR count). The van der Waals surface area contributed by atoms with Gasteiger partial charge in [0.05, 0.1) is 11.3 Å². The maximum Gasteiger partial charge on any atom is 0.233 e. The Hall–Kier alpha value is -2.42. The van der Waals surface area contributed by atoms with Crippen molar-refractivity contribution in [2.45, 2.75) is 31.0 Å². The van der Waals surface area contributed by atoms with Gasteiger partial charge in [0.2, 0.25) is 11.8 Å². The highest BCUT2D eigenvalue weighted by Gasteiger charge is 2.31. The highest BCUT2D eigenvalue weighted by Crippen LogP contribution is 2.41. The first kappa shape index (κ1) is 18.9. The molecular formula is C19H22FN5O2S. The zero-order valence-corrected chi connectivity index (χ0v) is 16.5. The van der Waals surface area contributed by atoms with Gasteiger partial charge in [-0.3, -0.25) is 14.2 Å². The summed E-state index contributed by atoms with van der Waals surface area (Å²) in [7, 11) is 0. The summed E-state index contributed by atoms with van der Waals surface area (Å²) in [5, 5.41) is 9.09. The molecule has 9 heteroatoms. The van der Waals surface area contributed by atoms with Crippen LogP contribution in [0.3, 0.4) is 0 Å². The number of thioether (sulfide) groups is 1. The molecule has 2 aromatic rings. The molecule has 0 spiro atoms. The van der Waals surface area contributed by atoms with E-state index in [-0.39, 0.29) is 29.4 Å². The summed E-state index contributed by atoms with van der Waals surface area (Å²) >= 11 is 1.34. The maximum absolute atomic E-state index is 14.2. The standard InChI is InChI=1S/C19H22FN5O2S/c1-13(26)23-8-10-24(11-9-23)17(27)12-28-19-22-21-18(25(19)14-6-7-14)15-4-2-3-5-16(15)20/h2-5,14H,6-12H2,1H3. The van der Waals surface area contributed by atoms with Crippen molar-refractivity contribution in [2.75, 3.05) is 31.9 Å². The minimum Gasteiger partial charge on any atom is -0.339 e. The van der Waals surface area contributed by atoms with Gasteiger partial charge in [-0.05, 0) is 25.0 Å². The Morgan fingerprint density at radius 2 is 1.79 bits per heavy atom. The van der Waals surface area contributed by atoms with Crippen LogP contribution in [0, 0.1) is 5.82 Å². The second kappa shape index (κ2) is 7.90. The third kappa shape index (κ3) is 3.89. The minimum atomic E-state index is -0.326. The van der Waals surface area contributed by atoms with Gasteiger partial charge >= 0.3 is 0 Å². The summed E-state index contributed by atoms with van der Waals surface area (Å²) in [6.45, 7) is 3.79. The average molecular weight is 403 g/mol. The van der Waals surface area contributed by atoms with Gasteiger partial charge in [0.1, 0.15) is 5.82 Å². The van der Waals surface area contributed by atoms with E-state index in [9.17, 15) is 14.0 Å². The third-order valence-electron chi connectivity index (χ3n) is 5.09. The van der Waals surface area contributed by atoms with E-state index in [2.05, 4.69) is 10.2 Å². The second-order valence-corrected chi connectivity index (χ2v) is 8.01. The number of rotatable bonds is 5. The highest BCUT2D eigenvalue weighted by molar-refractivity contribution is 7.99. The number of hydrogen-bond acceptors (Lipinski definition) is 5. The molecule has 148 valence electrons. The van der Waals surface area contributed by atoms with E-state index < -0.39 is 0 Å². The minimum absolute atomic E-state index is 0.0194. The highest BCUT2D eigenvalue weighted by atomic mass is 32.2. The van der Waals surface area contributed by atoms with Crippen molar-refractivity contribution in [3.63, 3.8) is 0 Å². The molecule has 1 aromatic carbocycles. The van der Waals surface area contributed by atoms with Crippen LogP contribution in [0.4, 0.5) is 4.39 Å². The van der Waals surface area contributed by atoms with Crippen LogP contribution in [0.25, 0.3) is 11.4 Å². The van der Waals surface area contributed by atoms with Gasteiger partial charge in [-0.2, -0.15) is 0 Å². The summed E-state index contributed by atoms with van der Waals surface area (Å²) in [5.74, 6) is 0.506. The van der Waals surface area contributed by atoms with E-state index in [1.807, 2.05) is 4.57 Å². The summed E-state index contributed by atoms with van der Waals surface area (Å²) in [6, 6.07) is 6.81. The monoisotopic (exact) mass is 403 g/mol. The predicted molar refractivity (Wildman–Crippen MR) is 103 cm³/mol. The molecule has 2 heterocycles. The van der Waals surface area contributed by atoms with Crippen molar-refractivity contribution in [3.8, 4) is 11.4 Å². The molecule has 2 aliphatic rings. The molecule has 0 unspecified atom stereocenters. The number of benzene rings is 1. The first-order valence-corrected chi connectivity index (χ1v) is 10.4. The van der Waals surface area contributed by atoms with Crippen LogP contribution in [-0.4, -0.2) is 68.3 Å². The zero-order chi connectivity index (χ0) is 19.7. The number of piperazine rings is 1. The summed E-state index contributed by atoms with van der Waals surface area (Å²) in [6.07, 6.45) is 2.02. The van der Waals surface area contributed by atoms with E-state index in [0.717, 1.165) is 12.8 Å². The number of nitrogens with zero attached hydrogens (tertiary/aromatic N) is 5. The second-order valence-electron chi connectivity index (χ2n) is 7.06. The number of amides is 2. The lowest BCUT2D eigenvalue weighted by Gasteiger charge is -2.34. The van der Waals surface area contributed by atoms with Crippen LogP contribution in [0.1, 0.15) is 25.8 Å². The van der Waals surface area contributed by atoms with Crippen molar-refractivity contribution in [3.05, 3.63) is 30.1 Å². The Balaban J connectivity index is 1.44. The average Bonchev–Trinajstić information content (AvgIpc) is 3.46. The number of carbonyl (C=O) groups is 2. The van der Waals surface area contributed by atoms with Crippen molar-refractivity contribution in [1.82, 2.24) is 24.6 Å². The quantitative estimate of drug-likeness (QED) is 0.716. The number of hydrogen-bond donors (Lipinski definition) is 0. The zero-order valence-electron chi connectivity index (χ0n) is 15.7. The number of halogens is 1. The summed E-state index contributed by atoms with van der Waals surface area (Å²) in [5.41, 5.74) is 0.431. The van der Waals surface area contributed by atoms with Gasteiger partial charge in [-0.1, -0.05) is 23.9 Å². The topological polar surface area (TPSA) is 71.3 Å². The molecule has 1 aliphatic carbocycles. The molecule has 0 radical (unpaired) electrons. The van der Waals surface area contributed by atoms with Crippen molar-refractivity contribution < 1.29 is 14.0 Å². The number of carbonyl (C=O) groups excluding carboxylic acids is 2. The fraction of sp³-hybridized carbons (Fsp3) is 0.474. The lowest BCUT2D eigenvalue weighted by Crippen LogP contribution is -2.50. The smallest absolute Gasteiger partial charge is 0.233 e. The fourth-order valence-electron chi connectivity index (χ4n) is 3.35. The number of aromatic nitrogens is 3. The Kier molecular flexibility index (Phi) is 5.34. The first-order chi connectivity index (χ1) is 13.5. The summed E-state index contributed by atoms with van der Waals surface area (Å²) < 4.78 is 16.2. The molecule has 28 heavy (non-hydrogen) atoms. The lowest BCUT2D eigenvalue weighted by atomic mass is 10.2. The Morgan fingerprint density at radius 3 is 2.43 bits per heavy atom. The van der Waals surface area contributed by atoms with E-state index >= 15 is 0 Å². The van der Waals surface area contributed by atoms with Gasteiger partial charge in [0.15, 0.2) is 11.0 Å².